The zero-order chi connectivity index (χ0) is 24.4. The molecule has 0 bridgehead atoms. The van der Waals surface area contributed by atoms with Crippen LogP contribution in [0.1, 0.15) is 21.6 Å². The lowest BCUT2D eigenvalue weighted by Gasteiger charge is -2.35. The molecule has 1 aliphatic rings. The third kappa shape index (κ3) is 5.64. The van der Waals surface area contributed by atoms with Gasteiger partial charge in [-0.2, -0.15) is 13.2 Å². The van der Waals surface area contributed by atoms with E-state index in [-0.39, 0.29) is 10.8 Å². The summed E-state index contributed by atoms with van der Waals surface area (Å²) in [6.07, 6.45) is 0.643. The monoisotopic (exact) mass is 500 g/mol. The number of rotatable bonds is 6. The lowest BCUT2D eigenvalue weighted by molar-refractivity contribution is -0.130. The maximum atomic E-state index is 12.9. The van der Waals surface area contributed by atoms with Gasteiger partial charge in [-0.15, -0.1) is 11.3 Å². The molecule has 6 nitrogen and oxygen atoms in total. The Morgan fingerprint density at radius 1 is 1.00 bits per heavy atom. The lowest BCUT2D eigenvalue weighted by Crippen LogP contribution is -2.49. The highest BCUT2D eigenvalue weighted by Crippen LogP contribution is 2.34. The Balaban J connectivity index is 1.19. The summed E-state index contributed by atoms with van der Waals surface area (Å²) < 4.78 is 43.6. The first-order chi connectivity index (χ1) is 16.8. The van der Waals surface area contributed by atoms with Gasteiger partial charge in [-0.3, -0.25) is 4.79 Å². The molecule has 0 radical (unpaired) electrons. The van der Waals surface area contributed by atoms with E-state index < -0.39 is 12.6 Å². The van der Waals surface area contributed by atoms with E-state index in [1.54, 1.807) is 12.5 Å². The number of hydrogen-bond donors (Lipinski definition) is 0. The first kappa shape index (κ1) is 23.3. The average molecular weight is 501 g/mol. The Kier molecular flexibility index (Phi) is 6.46. The van der Waals surface area contributed by atoms with Gasteiger partial charge in [0.15, 0.2) is 0 Å². The molecule has 0 spiro atoms. The van der Waals surface area contributed by atoms with Crippen molar-refractivity contribution in [2.75, 3.05) is 31.1 Å². The molecule has 0 saturated carbocycles. The average Bonchev–Trinajstić information content (AvgIpc) is 3.48. The number of halogens is 3. The summed E-state index contributed by atoms with van der Waals surface area (Å²) in [5.74, 6) is 0.683. The third-order valence-electron chi connectivity index (χ3n) is 6.03. The number of piperazine rings is 1. The number of fused-ring (bicyclic) bond motifs is 1. The highest BCUT2D eigenvalue weighted by atomic mass is 32.1. The van der Waals surface area contributed by atoms with Gasteiger partial charge in [-0.05, 0) is 28.8 Å². The molecule has 0 N–H and O–H groups in total. The number of thiophene rings is 1. The van der Waals surface area contributed by atoms with Crippen molar-refractivity contribution in [3.05, 3.63) is 76.8 Å². The Morgan fingerprint density at radius 3 is 2.43 bits per heavy atom. The number of amides is 1. The van der Waals surface area contributed by atoms with Gasteiger partial charge in [0.2, 0.25) is 5.91 Å². The SMILES string of the molecule is O=C(Cc1ccc(Cc2ccoc2)cc1)N1CCN(c2ncnc3sc(CC(F)(F)F)cc23)CC1. The smallest absolute Gasteiger partial charge is 0.393 e. The Morgan fingerprint density at radius 2 is 1.74 bits per heavy atom. The Hall–Kier alpha value is -3.40. The molecule has 0 aliphatic carbocycles. The van der Waals surface area contributed by atoms with Gasteiger partial charge in [0.05, 0.1) is 30.8 Å². The summed E-state index contributed by atoms with van der Waals surface area (Å²) in [5.41, 5.74) is 3.22. The van der Waals surface area contributed by atoms with Crippen LogP contribution in [0.3, 0.4) is 0 Å². The van der Waals surface area contributed by atoms with Gasteiger partial charge in [-0.1, -0.05) is 24.3 Å². The van der Waals surface area contributed by atoms with E-state index in [0.29, 0.717) is 48.6 Å². The van der Waals surface area contributed by atoms with Gasteiger partial charge in [0.25, 0.3) is 0 Å². The van der Waals surface area contributed by atoms with Crippen LogP contribution in [0.2, 0.25) is 0 Å². The number of benzene rings is 1. The molecule has 1 aliphatic heterocycles. The minimum atomic E-state index is -4.26. The fourth-order valence-corrected chi connectivity index (χ4v) is 5.31. The quantitative estimate of drug-likeness (QED) is 0.378. The van der Waals surface area contributed by atoms with Crippen LogP contribution in [0.5, 0.6) is 0 Å². The number of carbonyl (C=O) groups excluding carboxylic acids is 1. The zero-order valence-electron chi connectivity index (χ0n) is 18.8. The summed E-state index contributed by atoms with van der Waals surface area (Å²) in [6, 6.07) is 11.5. The topological polar surface area (TPSA) is 62.5 Å². The van der Waals surface area contributed by atoms with Gasteiger partial charge < -0.3 is 14.2 Å². The highest BCUT2D eigenvalue weighted by molar-refractivity contribution is 7.18. The van der Waals surface area contributed by atoms with Crippen molar-refractivity contribution in [3.63, 3.8) is 0 Å². The van der Waals surface area contributed by atoms with Crippen molar-refractivity contribution in [2.24, 2.45) is 0 Å². The van der Waals surface area contributed by atoms with Crippen molar-refractivity contribution >= 4 is 33.3 Å². The van der Waals surface area contributed by atoms with Crippen molar-refractivity contribution < 1.29 is 22.4 Å². The second kappa shape index (κ2) is 9.69. The molecule has 1 saturated heterocycles. The van der Waals surface area contributed by atoms with E-state index in [9.17, 15) is 18.0 Å². The van der Waals surface area contributed by atoms with Gasteiger partial charge in [-0.25, -0.2) is 9.97 Å². The fourth-order valence-electron chi connectivity index (χ4n) is 4.29. The van der Waals surface area contributed by atoms with Crippen LogP contribution in [0.15, 0.2) is 59.7 Å². The van der Waals surface area contributed by atoms with Crippen molar-refractivity contribution in [1.29, 1.82) is 0 Å². The maximum Gasteiger partial charge on any atom is 0.393 e. The number of anilines is 1. The molecule has 1 fully saturated rings. The largest absolute Gasteiger partial charge is 0.472 e. The van der Waals surface area contributed by atoms with Gasteiger partial charge in [0, 0.05) is 37.5 Å². The molecule has 1 aromatic carbocycles. The molecule has 0 atom stereocenters. The van der Waals surface area contributed by atoms with E-state index in [1.807, 2.05) is 40.1 Å². The number of alkyl halides is 3. The number of hydrogen-bond acceptors (Lipinski definition) is 6. The minimum Gasteiger partial charge on any atom is -0.472 e. The Labute approximate surface area is 204 Å². The molecule has 10 heteroatoms. The number of carbonyl (C=O) groups is 1. The fraction of sp³-hybridized carbons (Fsp3) is 0.320. The van der Waals surface area contributed by atoms with Crippen LogP contribution in [-0.4, -0.2) is 53.1 Å². The molecule has 182 valence electrons. The van der Waals surface area contributed by atoms with E-state index in [2.05, 4.69) is 9.97 Å². The van der Waals surface area contributed by atoms with E-state index in [0.717, 1.165) is 34.4 Å². The van der Waals surface area contributed by atoms with Crippen LogP contribution in [0.4, 0.5) is 19.0 Å². The summed E-state index contributed by atoms with van der Waals surface area (Å²) in [5, 5.41) is 0.632. The third-order valence-corrected chi connectivity index (χ3v) is 7.08. The van der Waals surface area contributed by atoms with Crippen LogP contribution >= 0.6 is 11.3 Å². The van der Waals surface area contributed by atoms with E-state index >= 15 is 0 Å². The van der Waals surface area contributed by atoms with Gasteiger partial charge >= 0.3 is 6.18 Å². The molecule has 3 aromatic heterocycles. The Bertz CT molecular complexity index is 1290. The van der Waals surface area contributed by atoms with Crippen molar-refractivity contribution in [3.8, 4) is 0 Å². The lowest BCUT2D eigenvalue weighted by atomic mass is 10.0. The molecular weight excluding hydrogens is 477 g/mol. The summed E-state index contributed by atoms with van der Waals surface area (Å²) in [7, 11) is 0. The van der Waals surface area contributed by atoms with Crippen molar-refractivity contribution in [1.82, 2.24) is 14.9 Å². The van der Waals surface area contributed by atoms with Crippen LogP contribution in [0, 0.1) is 0 Å². The molecule has 0 unspecified atom stereocenters. The normalized spacial score (nSPS) is 14.6. The summed E-state index contributed by atoms with van der Waals surface area (Å²) in [6.45, 7) is 2.18. The molecule has 4 heterocycles. The predicted molar refractivity (Wildman–Crippen MR) is 128 cm³/mol. The van der Waals surface area contributed by atoms with Gasteiger partial charge in [0.1, 0.15) is 17.0 Å². The number of furan rings is 1. The molecular formula is C25H23F3N4O2S. The van der Waals surface area contributed by atoms with Crippen LogP contribution in [-0.2, 0) is 24.1 Å². The first-order valence-electron chi connectivity index (χ1n) is 11.3. The number of nitrogens with zero attached hydrogens (tertiary/aromatic N) is 4. The highest BCUT2D eigenvalue weighted by Gasteiger charge is 2.30. The zero-order valence-corrected chi connectivity index (χ0v) is 19.6. The predicted octanol–water partition coefficient (Wildman–Crippen LogP) is 4.87. The molecule has 35 heavy (non-hydrogen) atoms. The van der Waals surface area contributed by atoms with Crippen LogP contribution in [0.25, 0.3) is 10.2 Å². The summed E-state index contributed by atoms with van der Waals surface area (Å²) >= 11 is 1.04. The molecule has 1 amide bonds. The summed E-state index contributed by atoms with van der Waals surface area (Å²) in [4.78, 5) is 26.0. The maximum absolute atomic E-state index is 12.9. The van der Waals surface area contributed by atoms with Crippen molar-refractivity contribution in [2.45, 2.75) is 25.4 Å². The van der Waals surface area contributed by atoms with E-state index in [1.165, 1.54) is 12.4 Å². The van der Waals surface area contributed by atoms with E-state index in [4.69, 9.17) is 4.42 Å². The minimum absolute atomic E-state index is 0.0584. The molecule has 5 rings (SSSR count). The number of aromatic nitrogens is 2. The second-order valence-electron chi connectivity index (χ2n) is 8.59. The second-order valence-corrected chi connectivity index (χ2v) is 9.71. The van der Waals surface area contributed by atoms with Crippen LogP contribution < -0.4 is 4.90 Å². The first-order valence-corrected chi connectivity index (χ1v) is 12.1. The molecule has 4 aromatic rings. The standard InChI is InChI=1S/C25H23F3N4O2S/c26-25(27,28)14-20-13-21-23(29-16-30-24(21)35-20)32-8-6-31(7-9-32)22(33)12-18-3-1-17(2-4-18)11-19-5-10-34-15-19/h1-5,10,13,15-16H,6-9,11-12,14H2.